The molecule has 5 N–H and O–H groups in total. The molecule has 0 aliphatic heterocycles. The zero-order chi connectivity index (χ0) is 13.0. The number of benzene rings is 2. The Morgan fingerprint density at radius 1 is 1.00 bits per heavy atom. The number of nitrogen functional groups attached to an aromatic ring is 2. The third-order valence-corrected chi connectivity index (χ3v) is 2.56. The predicted molar refractivity (Wildman–Crippen MR) is 72.2 cm³/mol. The summed E-state index contributed by atoms with van der Waals surface area (Å²) >= 11 is 0. The van der Waals surface area contributed by atoms with Crippen LogP contribution in [0.4, 0.5) is 11.4 Å². The molecule has 2 aromatic carbocycles. The summed E-state index contributed by atoms with van der Waals surface area (Å²) in [5.74, 6) is 0.637. The van der Waals surface area contributed by atoms with Gasteiger partial charge in [-0.2, -0.15) is 0 Å². The van der Waals surface area contributed by atoms with Gasteiger partial charge >= 0.3 is 0 Å². The number of aliphatic hydroxyl groups is 1. The summed E-state index contributed by atoms with van der Waals surface area (Å²) in [6.07, 6.45) is -0.713. The molecule has 2 aromatic rings. The molecule has 1 unspecified atom stereocenters. The fraction of sp³-hybridized carbons (Fsp3) is 0.143. The molecule has 0 heterocycles. The average Bonchev–Trinajstić information content (AvgIpc) is 2.36. The molecule has 0 aromatic heterocycles. The van der Waals surface area contributed by atoms with Gasteiger partial charge in [0.25, 0.3) is 0 Å². The van der Waals surface area contributed by atoms with Crippen LogP contribution in [0.15, 0.2) is 48.5 Å². The Balaban J connectivity index is 1.98. The summed E-state index contributed by atoms with van der Waals surface area (Å²) in [6, 6.07) is 14.2. The number of ether oxygens (including phenoxy) is 1. The Bertz CT molecular complexity index is 529. The van der Waals surface area contributed by atoms with Crippen LogP contribution in [-0.4, -0.2) is 11.7 Å². The molecule has 1 atom stereocenters. The van der Waals surface area contributed by atoms with E-state index < -0.39 is 6.10 Å². The van der Waals surface area contributed by atoms with Gasteiger partial charge < -0.3 is 21.3 Å². The maximum Gasteiger partial charge on any atom is 0.121 e. The second-order valence-electron chi connectivity index (χ2n) is 4.07. The Morgan fingerprint density at radius 3 is 2.33 bits per heavy atom. The van der Waals surface area contributed by atoms with Crippen LogP contribution in [0.3, 0.4) is 0 Å². The molecule has 4 nitrogen and oxygen atoms in total. The van der Waals surface area contributed by atoms with Crippen LogP contribution in [0.1, 0.15) is 11.7 Å². The lowest BCUT2D eigenvalue weighted by Crippen LogP contribution is -2.10. The van der Waals surface area contributed by atoms with E-state index in [0.717, 1.165) is 5.56 Å². The number of hydrogen-bond acceptors (Lipinski definition) is 4. The van der Waals surface area contributed by atoms with Crippen molar-refractivity contribution in [2.45, 2.75) is 6.10 Å². The first-order valence-electron chi connectivity index (χ1n) is 5.67. The van der Waals surface area contributed by atoms with Gasteiger partial charge in [0.05, 0.1) is 0 Å². The largest absolute Gasteiger partial charge is 0.490 e. The minimum atomic E-state index is -0.713. The van der Waals surface area contributed by atoms with E-state index in [1.807, 2.05) is 6.07 Å². The highest BCUT2D eigenvalue weighted by atomic mass is 16.5. The molecule has 0 saturated heterocycles. The summed E-state index contributed by atoms with van der Waals surface area (Å²) in [5, 5.41) is 9.96. The van der Waals surface area contributed by atoms with Crippen LogP contribution in [0.5, 0.6) is 5.75 Å². The SMILES string of the molecule is Nc1cccc(OCC(O)c2cccc(N)c2)c1. The van der Waals surface area contributed by atoms with Crippen LogP contribution in [0.2, 0.25) is 0 Å². The fourth-order valence-corrected chi connectivity index (χ4v) is 1.64. The Hall–Kier alpha value is -2.20. The van der Waals surface area contributed by atoms with Gasteiger partial charge in [-0.3, -0.25) is 0 Å². The van der Waals surface area contributed by atoms with Gasteiger partial charge in [0.2, 0.25) is 0 Å². The fourth-order valence-electron chi connectivity index (χ4n) is 1.64. The first-order chi connectivity index (χ1) is 8.65. The smallest absolute Gasteiger partial charge is 0.121 e. The standard InChI is InChI=1S/C14H16N2O2/c15-11-4-1-3-10(7-11)14(17)9-18-13-6-2-5-12(16)8-13/h1-8,14,17H,9,15-16H2. The molecular weight excluding hydrogens is 228 g/mol. The third kappa shape index (κ3) is 3.15. The monoisotopic (exact) mass is 244 g/mol. The number of nitrogens with two attached hydrogens (primary N) is 2. The zero-order valence-corrected chi connectivity index (χ0v) is 9.91. The molecule has 2 rings (SSSR count). The molecule has 18 heavy (non-hydrogen) atoms. The van der Waals surface area contributed by atoms with Crippen molar-refractivity contribution in [3.8, 4) is 5.75 Å². The Kier molecular flexibility index (Phi) is 3.69. The van der Waals surface area contributed by atoms with Crippen LogP contribution in [0, 0.1) is 0 Å². The first-order valence-corrected chi connectivity index (χ1v) is 5.67. The maximum absolute atomic E-state index is 9.96. The van der Waals surface area contributed by atoms with Crippen molar-refractivity contribution in [2.24, 2.45) is 0 Å². The second kappa shape index (κ2) is 5.42. The Labute approximate surface area is 106 Å². The van der Waals surface area contributed by atoms with E-state index in [-0.39, 0.29) is 6.61 Å². The average molecular weight is 244 g/mol. The summed E-state index contributed by atoms with van der Waals surface area (Å²) in [5.41, 5.74) is 13.3. The van der Waals surface area contributed by atoms with Gasteiger partial charge in [0.1, 0.15) is 18.5 Å². The molecule has 0 bridgehead atoms. The third-order valence-electron chi connectivity index (χ3n) is 2.56. The van der Waals surface area contributed by atoms with E-state index in [4.69, 9.17) is 16.2 Å². The molecule has 0 saturated carbocycles. The molecular formula is C14H16N2O2. The highest BCUT2D eigenvalue weighted by molar-refractivity contribution is 5.44. The maximum atomic E-state index is 9.96. The molecule has 0 amide bonds. The summed E-state index contributed by atoms with van der Waals surface area (Å²) in [7, 11) is 0. The van der Waals surface area contributed by atoms with Crippen LogP contribution in [0.25, 0.3) is 0 Å². The number of hydrogen-bond donors (Lipinski definition) is 3. The number of aliphatic hydroxyl groups excluding tert-OH is 1. The summed E-state index contributed by atoms with van der Waals surface area (Å²) in [4.78, 5) is 0. The normalized spacial score (nSPS) is 12.1. The molecule has 94 valence electrons. The quantitative estimate of drug-likeness (QED) is 0.718. The molecule has 0 aliphatic rings. The Morgan fingerprint density at radius 2 is 1.67 bits per heavy atom. The highest BCUT2D eigenvalue weighted by Gasteiger charge is 2.08. The van der Waals surface area contributed by atoms with Crippen LogP contribution >= 0.6 is 0 Å². The molecule has 4 heteroatoms. The van der Waals surface area contributed by atoms with Gasteiger partial charge in [0, 0.05) is 17.4 Å². The number of anilines is 2. The molecule has 0 spiro atoms. The van der Waals surface area contributed by atoms with E-state index >= 15 is 0 Å². The van der Waals surface area contributed by atoms with Crippen molar-refractivity contribution in [1.82, 2.24) is 0 Å². The van der Waals surface area contributed by atoms with E-state index in [1.54, 1.807) is 42.5 Å². The van der Waals surface area contributed by atoms with Gasteiger partial charge in [0.15, 0.2) is 0 Å². The lowest BCUT2D eigenvalue weighted by molar-refractivity contribution is 0.108. The van der Waals surface area contributed by atoms with Gasteiger partial charge in [-0.25, -0.2) is 0 Å². The lowest BCUT2D eigenvalue weighted by atomic mass is 10.1. The molecule has 0 fully saturated rings. The van der Waals surface area contributed by atoms with E-state index in [0.29, 0.717) is 17.1 Å². The lowest BCUT2D eigenvalue weighted by Gasteiger charge is -2.13. The molecule has 0 aliphatic carbocycles. The van der Waals surface area contributed by atoms with Gasteiger partial charge in [-0.1, -0.05) is 18.2 Å². The topological polar surface area (TPSA) is 81.5 Å². The molecule has 0 radical (unpaired) electrons. The van der Waals surface area contributed by atoms with Crippen LogP contribution in [-0.2, 0) is 0 Å². The van der Waals surface area contributed by atoms with Crippen molar-refractivity contribution in [2.75, 3.05) is 18.1 Å². The van der Waals surface area contributed by atoms with Crippen molar-refractivity contribution in [1.29, 1.82) is 0 Å². The number of rotatable bonds is 4. The summed E-state index contributed by atoms with van der Waals surface area (Å²) < 4.78 is 5.47. The second-order valence-corrected chi connectivity index (χ2v) is 4.07. The van der Waals surface area contributed by atoms with Crippen molar-refractivity contribution >= 4 is 11.4 Å². The van der Waals surface area contributed by atoms with Crippen LogP contribution < -0.4 is 16.2 Å². The van der Waals surface area contributed by atoms with E-state index in [1.165, 1.54) is 0 Å². The highest BCUT2D eigenvalue weighted by Crippen LogP contribution is 2.19. The zero-order valence-electron chi connectivity index (χ0n) is 9.91. The predicted octanol–water partition coefficient (Wildman–Crippen LogP) is 1.96. The van der Waals surface area contributed by atoms with Gasteiger partial charge in [-0.15, -0.1) is 0 Å². The van der Waals surface area contributed by atoms with Crippen molar-refractivity contribution in [3.63, 3.8) is 0 Å². The van der Waals surface area contributed by atoms with Crippen molar-refractivity contribution in [3.05, 3.63) is 54.1 Å². The van der Waals surface area contributed by atoms with E-state index in [2.05, 4.69) is 0 Å². The minimum absolute atomic E-state index is 0.160. The van der Waals surface area contributed by atoms with Gasteiger partial charge in [-0.05, 0) is 29.8 Å². The van der Waals surface area contributed by atoms with E-state index in [9.17, 15) is 5.11 Å². The van der Waals surface area contributed by atoms with Crippen molar-refractivity contribution < 1.29 is 9.84 Å². The minimum Gasteiger partial charge on any atom is -0.490 e. The summed E-state index contributed by atoms with van der Waals surface area (Å²) in [6.45, 7) is 0.160. The first kappa shape index (κ1) is 12.3.